The van der Waals surface area contributed by atoms with Crippen molar-refractivity contribution in [1.82, 2.24) is 9.78 Å². The van der Waals surface area contributed by atoms with Gasteiger partial charge in [-0.2, -0.15) is 5.10 Å². The van der Waals surface area contributed by atoms with Gasteiger partial charge < -0.3 is 9.73 Å². The van der Waals surface area contributed by atoms with E-state index >= 15 is 0 Å². The molecule has 150 valence electrons. The number of furan rings is 1. The molecular formula is C24H21N3O3. The van der Waals surface area contributed by atoms with Crippen molar-refractivity contribution >= 4 is 28.5 Å². The van der Waals surface area contributed by atoms with Crippen LogP contribution in [0.3, 0.4) is 0 Å². The Morgan fingerprint density at radius 1 is 1.10 bits per heavy atom. The number of nitrogens with zero attached hydrogens (tertiary/aromatic N) is 2. The molecule has 0 saturated heterocycles. The van der Waals surface area contributed by atoms with Crippen LogP contribution >= 0.6 is 0 Å². The lowest BCUT2D eigenvalue weighted by molar-refractivity contribution is -0.116. The fourth-order valence-corrected chi connectivity index (χ4v) is 4.09. The molecule has 2 aromatic heterocycles. The highest BCUT2D eigenvalue weighted by Crippen LogP contribution is 2.39. The molecular weight excluding hydrogens is 378 g/mol. The first-order chi connectivity index (χ1) is 14.4. The zero-order valence-electron chi connectivity index (χ0n) is 17.0. The summed E-state index contributed by atoms with van der Waals surface area (Å²) in [5, 5.41) is 8.44. The van der Waals surface area contributed by atoms with Crippen molar-refractivity contribution in [2.75, 3.05) is 5.32 Å². The van der Waals surface area contributed by atoms with Gasteiger partial charge in [0.15, 0.2) is 5.76 Å². The third-order valence-electron chi connectivity index (χ3n) is 5.82. The number of aryl methyl sites for hydroxylation is 3. The standard InChI is InChI=1S/C24H21N3O3/c1-13-8-9-17(10-14(13)2)27-24-22(15(3)26-27)18(12-21(28)25-24)23(29)20-11-16-6-4-5-7-19(16)30-20/h4-11,18H,12H2,1-3H3,(H,25,28)/t18-/m1/s1. The molecule has 1 aliphatic heterocycles. The summed E-state index contributed by atoms with van der Waals surface area (Å²) in [4.78, 5) is 25.9. The number of Topliss-reactive ketones (excluding diaryl/α,β-unsaturated/α-hetero) is 1. The van der Waals surface area contributed by atoms with E-state index in [0.29, 0.717) is 11.4 Å². The quantitative estimate of drug-likeness (QED) is 0.500. The number of para-hydroxylation sites is 1. The Labute approximate surface area is 173 Å². The van der Waals surface area contributed by atoms with Crippen LogP contribution in [-0.4, -0.2) is 21.5 Å². The second-order valence-corrected chi connectivity index (χ2v) is 7.85. The van der Waals surface area contributed by atoms with Crippen LogP contribution in [-0.2, 0) is 4.79 Å². The van der Waals surface area contributed by atoms with Gasteiger partial charge in [-0.3, -0.25) is 9.59 Å². The number of fused-ring (bicyclic) bond motifs is 2. The molecule has 5 rings (SSSR count). The Morgan fingerprint density at radius 2 is 1.90 bits per heavy atom. The first-order valence-corrected chi connectivity index (χ1v) is 9.92. The van der Waals surface area contributed by atoms with Gasteiger partial charge >= 0.3 is 0 Å². The van der Waals surface area contributed by atoms with Crippen molar-refractivity contribution in [3.8, 4) is 5.69 Å². The average molecular weight is 399 g/mol. The second kappa shape index (κ2) is 6.69. The third-order valence-corrected chi connectivity index (χ3v) is 5.82. The number of aromatic nitrogens is 2. The Balaban J connectivity index is 1.61. The van der Waals surface area contributed by atoms with E-state index in [4.69, 9.17) is 4.42 Å². The van der Waals surface area contributed by atoms with Crippen LogP contribution in [0.4, 0.5) is 5.82 Å². The molecule has 1 amide bonds. The highest BCUT2D eigenvalue weighted by Gasteiger charge is 2.37. The van der Waals surface area contributed by atoms with Crippen LogP contribution in [0.1, 0.15) is 45.3 Å². The predicted molar refractivity (Wildman–Crippen MR) is 114 cm³/mol. The van der Waals surface area contributed by atoms with Gasteiger partial charge in [0.25, 0.3) is 0 Å². The van der Waals surface area contributed by atoms with Gasteiger partial charge in [-0.1, -0.05) is 24.3 Å². The van der Waals surface area contributed by atoms with Crippen molar-refractivity contribution in [3.63, 3.8) is 0 Å². The number of hydrogen-bond acceptors (Lipinski definition) is 4. The zero-order valence-corrected chi connectivity index (χ0v) is 17.0. The Hall–Kier alpha value is -3.67. The number of carbonyl (C=O) groups excluding carboxylic acids is 2. The van der Waals surface area contributed by atoms with Gasteiger partial charge in [-0.05, 0) is 56.2 Å². The topological polar surface area (TPSA) is 77.1 Å². The van der Waals surface area contributed by atoms with Crippen LogP contribution in [0.2, 0.25) is 0 Å². The lowest BCUT2D eigenvalue weighted by atomic mass is 9.87. The molecule has 6 heteroatoms. The van der Waals surface area contributed by atoms with Gasteiger partial charge in [0.2, 0.25) is 11.7 Å². The van der Waals surface area contributed by atoms with E-state index < -0.39 is 5.92 Å². The number of nitrogens with one attached hydrogen (secondary N) is 1. The number of amides is 1. The van der Waals surface area contributed by atoms with E-state index in [2.05, 4.69) is 10.4 Å². The Bertz CT molecular complexity index is 1300. The number of ketones is 1. The highest BCUT2D eigenvalue weighted by atomic mass is 16.3. The fourth-order valence-electron chi connectivity index (χ4n) is 4.09. The van der Waals surface area contributed by atoms with Crippen molar-refractivity contribution in [2.24, 2.45) is 0 Å². The Morgan fingerprint density at radius 3 is 2.67 bits per heavy atom. The maximum Gasteiger partial charge on any atom is 0.226 e. The van der Waals surface area contributed by atoms with Crippen molar-refractivity contribution < 1.29 is 14.0 Å². The van der Waals surface area contributed by atoms with Gasteiger partial charge in [-0.15, -0.1) is 0 Å². The molecule has 1 atom stereocenters. The smallest absolute Gasteiger partial charge is 0.226 e. The second-order valence-electron chi connectivity index (χ2n) is 7.85. The number of rotatable bonds is 3. The molecule has 30 heavy (non-hydrogen) atoms. The minimum atomic E-state index is -0.630. The van der Waals surface area contributed by atoms with Crippen LogP contribution < -0.4 is 5.32 Å². The van der Waals surface area contributed by atoms with Crippen LogP contribution in [0, 0.1) is 20.8 Å². The largest absolute Gasteiger partial charge is 0.453 e. The summed E-state index contributed by atoms with van der Waals surface area (Å²) in [6.45, 7) is 5.95. The van der Waals surface area contributed by atoms with E-state index in [1.807, 2.05) is 63.2 Å². The summed E-state index contributed by atoms with van der Waals surface area (Å²) in [5.74, 6) is -0.219. The molecule has 0 fully saturated rings. The molecule has 0 bridgehead atoms. The van der Waals surface area contributed by atoms with Crippen LogP contribution in [0.5, 0.6) is 0 Å². The summed E-state index contributed by atoms with van der Waals surface area (Å²) in [6.07, 6.45) is 0.0718. The molecule has 0 spiro atoms. The number of anilines is 1. The van der Waals surface area contributed by atoms with E-state index in [-0.39, 0.29) is 23.9 Å². The van der Waals surface area contributed by atoms with Gasteiger partial charge in [0.05, 0.1) is 17.3 Å². The number of benzene rings is 2. The first-order valence-electron chi connectivity index (χ1n) is 9.92. The lowest BCUT2D eigenvalue weighted by Crippen LogP contribution is -2.28. The summed E-state index contributed by atoms with van der Waals surface area (Å²) in [7, 11) is 0. The summed E-state index contributed by atoms with van der Waals surface area (Å²) < 4.78 is 7.50. The molecule has 0 unspecified atom stereocenters. The average Bonchev–Trinajstić information content (AvgIpc) is 3.30. The predicted octanol–water partition coefficient (Wildman–Crippen LogP) is 4.85. The molecule has 0 radical (unpaired) electrons. The van der Waals surface area contributed by atoms with Gasteiger partial charge in [0.1, 0.15) is 11.4 Å². The number of carbonyl (C=O) groups is 2. The van der Waals surface area contributed by atoms with Gasteiger partial charge in [0, 0.05) is 17.4 Å². The highest BCUT2D eigenvalue weighted by molar-refractivity contribution is 6.08. The molecule has 2 aromatic carbocycles. The SMILES string of the molecule is Cc1ccc(-n2nc(C)c3c2NC(=O)C[C@H]3C(=O)c2cc3ccccc3o2)cc1C. The van der Waals surface area contributed by atoms with Crippen molar-refractivity contribution in [1.29, 1.82) is 0 Å². The van der Waals surface area contributed by atoms with E-state index in [1.165, 1.54) is 5.56 Å². The maximum atomic E-state index is 13.4. The molecule has 4 aromatic rings. The molecule has 1 aliphatic rings. The monoisotopic (exact) mass is 399 g/mol. The third kappa shape index (κ3) is 2.84. The minimum Gasteiger partial charge on any atom is -0.453 e. The molecule has 3 heterocycles. The molecule has 0 saturated carbocycles. The lowest BCUT2D eigenvalue weighted by Gasteiger charge is -2.22. The zero-order chi connectivity index (χ0) is 21.0. The molecule has 0 aliphatic carbocycles. The van der Waals surface area contributed by atoms with E-state index in [1.54, 1.807) is 10.7 Å². The Kier molecular flexibility index (Phi) is 4.10. The molecule has 6 nitrogen and oxygen atoms in total. The van der Waals surface area contributed by atoms with E-state index in [0.717, 1.165) is 27.9 Å². The van der Waals surface area contributed by atoms with Crippen LogP contribution in [0.25, 0.3) is 16.7 Å². The molecule has 1 N–H and O–H groups in total. The summed E-state index contributed by atoms with van der Waals surface area (Å²) >= 11 is 0. The summed E-state index contributed by atoms with van der Waals surface area (Å²) in [6, 6.07) is 15.2. The van der Waals surface area contributed by atoms with Crippen LogP contribution in [0.15, 0.2) is 52.9 Å². The fraction of sp³-hybridized carbons (Fsp3) is 0.208. The maximum absolute atomic E-state index is 13.4. The summed E-state index contributed by atoms with van der Waals surface area (Å²) in [5.41, 5.74) is 5.28. The van der Waals surface area contributed by atoms with E-state index in [9.17, 15) is 9.59 Å². The number of hydrogen-bond donors (Lipinski definition) is 1. The van der Waals surface area contributed by atoms with Crippen molar-refractivity contribution in [2.45, 2.75) is 33.1 Å². The minimum absolute atomic E-state index is 0.0718. The van der Waals surface area contributed by atoms with Crippen molar-refractivity contribution in [3.05, 3.63) is 76.7 Å². The first kappa shape index (κ1) is 18.4. The normalized spacial score (nSPS) is 15.8. The van der Waals surface area contributed by atoms with Gasteiger partial charge in [-0.25, -0.2) is 4.68 Å².